The maximum atomic E-state index is 12.1. The van der Waals surface area contributed by atoms with Crippen molar-refractivity contribution in [2.24, 2.45) is 5.73 Å². The molecule has 0 radical (unpaired) electrons. The monoisotopic (exact) mass is 309 g/mol. The normalized spacial score (nSPS) is 10.6. The molecule has 0 unspecified atom stereocenters. The molecule has 1 rings (SSSR count). The van der Waals surface area contributed by atoms with Crippen LogP contribution in [0.1, 0.15) is 21.5 Å². The maximum Gasteiger partial charge on any atom is 0.251 e. The van der Waals surface area contributed by atoms with Crippen molar-refractivity contribution in [3.05, 3.63) is 34.9 Å². The first-order valence-corrected chi connectivity index (χ1v) is 8.25. The number of carbonyl (C=O) groups excluding carboxylic acids is 1. The van der Waals surface area contributed by atoms with E-state index in [0.29, 0.717) is 11.1 Å². The van der Waals surface area contributed by atoms with Crippen LogP contribution in [-0.4, -0.2) is 40.2 Å². The van der Waals surface area contributed by atoms with Crippen LogP contribution in [0.3, 0.4) is 0 Å². The molecule has 6 nitrogen and oxygen atoms in total. The summed E-state index contributed by atoms with van der Waals surface area (Å²) in [5.41, 5.74) is 7.36. The molecule has 7 heteroatoms. The minimum Gasteiger partial charge on any atom is -0.351 e. The molecular weight excluding hydrogens is 290 g/mol. The van der Waals surface area contributed by atoms with Gasteiger partial charge in [0.05, 0.1) is 12.8 Å². The Bertz CT molecular complexity index is 672. The molecule has 0 spiro atoms. The van der Waals surface area contributed by atoms with E-state index in [-0.39, 0.29) is 25.5 Å². The third-order valence-electron chi connectivity index (χ3n) is 2.59. The van der Waals surface area contributed by atoms with Gasteiger partial charge in [-0.3, -0.25) is 4.79 Å². The number of aryl methyl sites for hydroxylation is 1. The van der Waals surface area contributed by atoms with Crippen molar-refractivity contribution >= 4 is 15.9 Å². The highest BCUT2D eigenvalue weighted by Crippen LogP contribution is 2.10. The number of hydrogen-bond acceptors (Lipinski definition) is 4. The van der Waals surface area contributed by atoms with Crippen LogP contribution in [0.4, 0.5) is 0 Å². The summed E-state index contributed by atoms with van der Waals surface area (Å²) in [7, 11) is -3.24. The summed E-state index contributed by atoms with van der Waals surface area (Å²) in [6, 6.07) is 5.32. The Labute approximate surface area is 125 Å². The van der Waals surface area contributed by atoms with Gasteiger partial charge in [0.15, 0.2) is 0 Å². The third kappa shape index (κ3) is 6.40. The number of nitrogens with one attached hydrogen (secondary N) is 2. The molecule has 4 N–H and O–H groups in total. The lowest BCUT2D eigenvalue weighted by molar-refractivity contribution is 0.0953. The molecule has 0 aliphatic carbocycles. The molecule has 114 valence electrons. The van der Waals surface area contributed by atoms with Gasteiger partial charge in [-0.05, 0) is 24.6 Å². The molecule has 21 heavy (non-hydrogen) atoms. The van der Waals surface area contributed by atoms with E-state index in [2.05, 4.69) is 21.9 Å². The Hall–Kier alpha value is -1.88. The number of rotatable bonds is 5. The number of hydrogen-bond donors (Lipinski definition) is 3. The summed E-state index contributed by atoms with van der Waals surface area (Å²) in [5.74, 6) is 5.33. The third-order valence-corrected chi connectivity index (χ3v) is 3.32. The quantitative estimate of drug-likeness (QED) is 0.508. The number of nitrogens with two attached hydrogens (primary N) is 1. The fourth-order valence-electron chi connectivity index (χ4n) is 1.61. The smallest absolute Gasteiger partial charge is 0.251 e. The van der Waals surface area contributed by atoms with E-state index in [1.54, 1.807) is 6.07 Å². The second-order valence-corrected chi connectivity index (χ2v) is 6.29. The van der Waals surface area contributed by atoms with E-state index in [9.17, 15) is 13.2 Å². The van der Waals surface area contributed by atoms with Crippen molar-refractivity contribution in [3.63, 3.8) is 0 Å². The Balaban J connectivity index is 2.69. The van der Waals surface area contributed by atoms with E-state index in [1.165, 1.54) is 0 Å². The Morgan fingerprint density at radius 3 is 2.67 bits per heavy atom. The molecule has 1 aromatic carbocycles. The van der Waals surface area contributed by atoms with Crippen molar-refractivity contribution in [1.82, 2.24) is 10.0 Å². The van der Waals surface area contributed by atoms with Gasteiger partial charge in [-0.1, -0.05) is 17.9 Å². The van der Waals surface area contributed by atoms with Crippen molar-refractivity contribution in [2.75, 3.05) is 25.9 Å². The lowest BCUT2D eigenvalue weighted by Gasteiger charge is -2.08. The summed E-state index contributed by atoms with van der Waals surface area (Å²) in [6.07, 6.45) is 1.07. The predicted octanol–water partition coefficient (Wildman–Crippen LogP) is -0.416. The van der Waals surface area contributed by atoms with Crippen LogP contribution >= 0.6 is 0 Å². The minimum absolute atomic E-state index is 0.149. The van der Waals surface area contributed by atoms with E-state index < -0.39 is 10.0 Å². The van der Waals surface area contributed by atoms with Gasteiger partial charge in [0.1, 0.15) is 0 Å². The standard InChI is InChI=1S/C14H19N3O3S/c1-11-5-6-12(4-3-7-15)10-13(11)14(18)16-8-9-17-21(2,19)20/h5-6,10,17H,7-9,15H2,1-2H3,(H,16,18). The Morgan fingerprint density at radius 2 is 2.05 bits per heavy atom. The van der Waals surface area contributed by atoms with Crippen LogP contribution < -0.4 is 15.8 Å². The number of sulfonamides is 1. The first kappa shape index (κ1) is 17.2. The number of amides is 1. The van der Waals surface area contributed by atoms with Crippen molar-refractivity contribution in [1.29, 1.82) is 0 Å². The van der Waals surface area contributed by atoms with Gasteiger partial charge in [0.25, 0.3) is 5.91 Å². The lowest BCUT2D eigenvalue weighted by atomic mass is 10.0. The molecule has 0 aliphatic rings. The van der Waals surface area contributed by atoms with E-state index in [0.717, 1.165) is 11.8 Å². The zero-order chi connectivity index (χ0) is 15.9. The zero-order valence-electron chi connectivity index (χ0n) is 12.1. The zero-order valence-corrected chi connectivity index (χ0v) is 12.9. The molecular formula is C14H19N3O3S. The predicted molar refractivity (Wildman–Crippen MR) is 82.3 cm³/mol. The summed E-state index contributed by atoms with van der Waals surface area (Å²) < 4.78 is 24.1. The molecule has 0 saturated heterocycles. The fraction of sp³-hybridized carbons (Fsp3) is 0.357. The molecule has 0 heterocycles. The summed E-state index contributed by atoms with van der Waals surface area (Å²) in [4.78, 5) is 12.1. The van der Waals surface area contributed by atoms with Crippen molar-refractivity contribution in [3.8, 4) is 11.8 Å². The molecule has 0 aliphatic heterocycles. The van der Waals surface area contributed by atoms with Crippen LogP contribution in [0.2, 0.25) is 0 Å². The first-order chi connectivity index (χ1) is 9.83. The van der Waals surface area contributed by atoms with Crippen LogP contribution in [0.15, 0.2) is 18.2 Å². The van der Waals surface area contributed by atoms with Gasteiger partial charge in [-0.15, -0.1) is 0 Å². The number of benzene rings is 1. The SMILES string of the molecule is Cc1ccc(C#CCN)cc1C(=O)NCCNS(C)(=O)=O. The average Bonchev–Trinajstić information content (AvgIpc) is 2.41. The summed E-state index contributed by atoms with van der Waals surface area (Å²) in [6.45, 7) is 2.44. The molecule has 1 aromatic rings. The maximum absolute atomic E-state index is 12.1. The second kappa shape index (κ2) is 7.78. The molecule has 0 fully saturated rings. The number of carbonyl (C=O) groups is 1. The highest BCUT2D eigenvalue weighted by atomic mass is 32.2. The first-order valence-electron chi connectivity index (χ1n) is 6.36. The van der Waals surface area contributed by atoms with Gasteiger partial charge in [-0.2, -0.15) is 0 Å². The van der Waals surface area contributed by atoms with E-state index in [4.69, 9.17) is 5.73 Å². The average molecular weight is 309 g/mol. The van der Waals surface area contributed by atoms with Gasteiger partial charge in [0, 0.05) is 24.2 Å². The molecule has 0 bridgehead atoms. The summed E-state index contributed by atoms with van der Waals surface area (Å²) in [5, 5.41) is 2.66. The van der Waals surface area contributed by atoms with E-state index >= 15 is 0 Å². The van der Waals surface area contributed by atoms with Gasteiger partial charge < -0.3 is 11.1 Å². The summed E-state index contributed by atoms with van der Waals surface area (Å²) >= 11 is 0. The molecule has 0 aromatic heterocycles. The molecule has 0 atom stereocenters. The lowest BCUT2D eigenvalue weighted by Crippen LogP contribution is -2.34. The highest BCUT2D eigenvalue weighted by molar-refractivity contribution is 7.88. The molecule has 1 amide bonds. The minimum atomic E-state index is -3.24. The largest absolute Gasteiger partial charge is 0.351 e. The van der Waals surface area contributed by atoms with Crippen LogP contribution in [0.5, 0.6) is 0 Å². The van der Waals surface area contributed by atoms with Crippen LogP contribution in [0.25, 0.3) is 0 Å². The van der Waals surface area contributed by atoms with E-state index in [1.807, 2.05) is 19.1 Å². The van der Waals surface area contributed by atoms with Crippen molar-refractivity contribution < 1.29 is 13.2 Å². The van der Waals surface area contributed by atoms with Gasteiger partial charge in [0.2, 0.25) is 10.0 Å². The topological polar surface area (TPSA) is 101 Å². The Morgan fingerprint density at radius 1 is 1.33 bits per heavy atom. The fourth-order valence-corrected chi connectivity index (χ4v) is 2.08. The van der Waals surface area contributed by atoms with Crippen LogP contribution in [-0.2, 0) is 10.0 Å². The Kier molecular flexibility index (Phi) is 6.37. The van der Waals surface area contributed by atoms with Gasteiger partial charge in [-0.25, -0.2) is 13.1 Å². The second-order valence-electron chi connectivity index (χ2n) is 4.46. The van der Waals surface area contributed by atoms with Crippen LogP contribution in [0, 0.1) is 18.8 Å². The molecule has 0 saturated carbocycles. The van der Waals surface area contributed by atoms with Crippen molar-refractivity contribution in [2.45, 2.75) is 6.92 Å². The van der Waals surface area contributed by atoms with Gasteiger partial charge >= 0.3 is 0 Å². The highest BCUT2D eigenvalue weighted by Gasteiger charge is 2.09.